The number of fused-ring (bicyclic) bond motifs is 5. The number of H-pyrrole nitrogens is 1. The number of nitrogens with one attached hydrogen (secondary N) is 9. The third-order valence-electron chi connectivity index (χ3n) is 13.8. The Kier molecular flexibility index (Phi) is 24.2. The van der Waals surface area contributed by atoms with Crippen molar-refractivity contribution in [2.75, 3.05) is 45.1 Å². The fourth-order valence-corrected chi connectivity index (χ4v) is 12.9. The number of aromatic nitrogens is 1. The Bertz CT molecular complexity index is 2470. The first-order chi connectivity index (χ1) is 36.9. The first-order valence-corrected chi connectivity index (χ1v) is 29.8. The van der Waals surface area contributed by atoms with Crippen LogP contribution in [0.1, 0.15) is 86.1 Å². The van der Waals surface area contributed by atoms with Crippen LogP contribution in [0.4, 0.5) is 0 Å². The third-order valence-corrected chi connectivity index (χ3v) is 18.8. The molecule has 14 N–H and O–H groups in total. The minimum Gasteiger partial charge on any atom is -0.610 e. The normalized spacial score (nSPS) is 26.4. The average Bonchev–Trinajstić information content (AvgIpc) is 4.01. The topological polar surface area (TPSA) is 388 Å². The predicted octanol–water partition coefficient (Wildman–Crippen LogP) is -2.31. The number of carbonyl (C=O) groups excluding carboxylic acids is 9. The number of aromatic amines is 1. The summed E-state index contributed by atoms with van der Waals surface area (Å²) in [6, 6.07) is -4.60. The van der Waals surface area contributed by atoms with Gasteiger partial charge in [0.1, 0.15) is 41.7 Å². The van der Waals surface area contributed by atoms with Gasteiger partial charge in [-0.2, -0.15) is 0 Å². The van der Waals surface area contributed by atoms with E-state index in [1.807, 2.05) is 10.8 Å². The molecule has 0 saturated carbocycles. The molecular formula is C50H77N11O14S3. The number of nitrogens with zero attached hydrogens (tertiary/aromatic N) is 1. The van der Waals surface area contributed by atoms with Crippen LogP contribution in [0.3, 0.4) is 0 Å². The third kappa shape index (κ3) is 17.8. The molecule has 25 nitrogen and oxygen atoms in total. The zero-order chi connectivity index (χ0) is 57.5. The van der Waals surface area contributed by atoms with Gasteiger partial charge >= 0.3 is 0 Å². The lowest BCUT2D eigenvalue weighted by atomic mass is 9.93. The molecule has 5 rings (SSSR count). The minimum atomic E-state index is -2.37. The predicted molar refractivity (Wildman–Crippen MR) is 293 cm³/mol. The lowest BCUT2D eigenvalue weighted by Gasteiger charge is -2.32. The van der Waals surface area contributed by atoms with Crippen molar-refractivity contribution in [2.45, 2.75) is 157 Å². The number of hydrogen-bond donors (Lipinski definition) is 13. The Morgan fingerprint density at radius 2 is 1.53 bits per heavy atom. The first kappa shape index (κ1) is 63.5. The minimum absolute atomic E-state index is 0.0988. The van der Waals surface area contributed by atoms with Crippen molar-refractivity contribution in [3.05, 3.63) is 23.8 Å². The molecular weight excluding hydrogens is 1070 g/mol. The quantitative estimate of drug-likeness (QED) is 0.0551. The average molecular weight is 1150 g/mol. The van der Waals surface area contributed by atoms with E-state index in [0.29, 0.717) is 47.4 Å². The van der Waals surface area contributed by atoms with E-state index >= 15 is 4.55 Å². The smallest absolute Gasteiger partial charge is 0.248 e. The van der Waals surface area contributed by atoms with Crippen molar-refractivity contribution < 1.29 is 67.8 Å². The second kappa shape index (κ2) is 29.7. The summed E-state index contributed by atoms with van der Waals surface area (Å²) in [5, 5.41) is 53.6. The molecule has 434 valence electrons. The van der Waals surface area contributed by atoms with Crippen molar-refractivity contribution >= 4 is 96.8 Å². The summed E-state index contributed by atoms with van der Waals surface area (Å²) in [5.74, 6) is -11.2. The van der Waals surface area contributed by atoms with Crippen LogP contribution in [0.5, 0.6) is 5.75 Å². The number of aliphatic hydroxyl groups is 3. The van der Waals surface area contributed by atoms with E-state index in [0.717, 1.165) is 17.9 Å². The molecule has 1 fully saturated rings. The number of rotatable bonds is 18. The fourth-order valence-electron chi connectivity index (χ4n) is 8.99. The fraction of sp³-hybridized carbons (Fsp3) is 0.660. The second-order valence-electron chi connectivity index (χ2n) is 20.5. The van der Waals surface area contributed by atoms with Crippen molar-refractivity contribution in [3.63, 3.8) is 0 Å². The van der Waals surface area contributed by atoms with Gasteiger partial charge in [-0.25, -0.2) is 0 Å². The Hall–Kier alpha value is -5.36. The molecule has 0 spiro atoms. The van der Waals surface area contributed by atoms with Gasteiger partial charge in [0.2, 0.25) is 58.2 Å². The monoisotopic (exact) mass is 1150 g/mol. The number of nitrogens with two attached hydrogens (primary N) is 1. The van der Waals surface area contributed by atoms with Gasteiger partial charge in [-0.1, -0.05) is 76.5 Å². The van der Waals surface area contributed by atoms with Gasteiger partial charge in [-0.15, -0.1) is 0 Å². The number of aliphatic hydroxyl groups excluding tert-OH is 3. The van der Waals surface area contributed by atoms with Crippen LogP contribution in [0.25, 0.3) is 10.9 Å². The van der Waals surface area contributed by atoms with E-state index in [-0.39, 0.29) is 15.8 Å². The standard InChI is InChI=1S/C50H77N11O14S3/c1-8-25(4)42-47(71)54-19-40(66)55-36-23-78(74)49-32(31-10-9-30(16-33(31)58-49)75-14-12-27(6)77-76-26(5)11-13-52-24(2)3)17-34(44(68)53-20-41(67)59-42)56-48(72)43(28(7)38(64)22-62)60-46(70)37-15-29(63)21-61(37)50(73)35(18-39(51)65)57-45(36)69/h9-10,16,24-29,34-38,42-43,52,58,62-64H,8,11-15,17-23H2,1-7H3,(H2,51,65)(H,53,68)(H,54,71)(H,55,66)(H,56,72)(H,57,69)(H,59,67)(H,60,70)/t25-,26?,27?,28-,29+,34-,35-,36?,37-,38-,42-,43-,78+/m0/s1. The Labute approximate surface area is 464 Å². The zero-order valence-corrected chi connectivity index (χ0v) is 47.5. The number of hydrogen-bond acceptors (Lipinski definition) is 17. The van der Waals surface area contributed by atoms with Crippen LogP contribution >= 0.6 is 21.6 Å². The molecule has 1 saturated heterocycles. The van der Waals surface area contributed by atoms with Gasteiger partial charge < -0.3 is 82.8 Å². The molecule has 3 aliphatic heterocycles. The largest absolute Gasteiger partial charge is 0.610 e. The number of ether oxygens (including phenoxy) is 1. The molecule has 3 aliphatic rings. The van der Waals surface area contributed by atoms with Gasteiger partial charge in [0.05, 0.1) is 50.4 Å². The lowest BCUT2D eigenvalue weighted by Crippen LogP contribution is -2.62. The van der Waals surface area contributed by atoms with Gasteiger partial charge in [-0.3, -0.25) is 43.2 Å². The van der Waals surface area contributed by atoms with E-state index in [9.17, 15) is 58.5 Å². The highest BCUT2D eigenvalue weighted by molar-refractivity contribution is 8.77. The van der Waals surface area contributed by atoms with E-state index < -0.39 is 176 Å². The van der Waals surface area contributed by atoms with Gasteiger partial charge in [0, 0.05) is 70.0 Å². The lowest BCUT2D eigenvalue weighted by molar-refractivity contribution is -0.144. The van der Waals surface area contributed by atoms with Gasteiger partial charge in [0.15, 0.2) is 6.04 Å². The maximum Gasteiger partial charge on any atom is 0.248 e. The molecule has 3 unspecified atom stereocenters. The maximum atomic E-state index is 15.0. The van der Waals surface area contributed by atoms with E-state index in [1.54, 1.807) is 42.8 Å². The van der Waals surface area contributed by atoms with Gasteiger partial charge in [-0.05, 0) is 37.4 Å². The Morgan fingerprint density at radius 3 is 2.18 bits per heavy atom. The highest BCUT2D eigenvalue weighted by atomic mass is 33.1. The van der Waals surface area contributed by atoms with Crippen molar-refractivity contribution in [1.82, 2.24) is 52.4 Å². The highest BCUT2D eigenvalue weighted by Crippen LogP contribution is 2.35. The number of primary amides is 1. The van der Waals surface area contributed by atoms with Crippen molar-refractivity contribution in [2.24, 2.45) is 17.6 Å². The zero-order valence-electron chi connectivity index (χ0n) is 45.0. The molecule has 4 heterocycles. The summed E-state index contributed by atoms with van der Waals surface area (Å²) in [4.78, 5) is 130. The molecule has 9 amide bonds. The van der Waals surface area contributed by atoms with E-state index in [4.69, 9.17) is 10.5 Å². The molecule has 0 radical (unpaired) electrons. The van der Waals surface area contributed by atoms with Crippen LogP contribution in [-0.2, 0) is 60.7 Å². The summed E-state index contributed by atoms with van der Waals surface area (Å²) < 4.78 is 21.2. The summed E-state index contributed by atoms with van der Waals surface area (Å²) >= 11 is -2.37. The highest BCUT2D eigenvalue weighted by Gasteiger charge is 2.45. The van der Waals surface area contributed by atoms with E-state index in [1.165, 1.54) is 6.92 Å². The molecule has 13 atom stereocenters. The Morgan fingerprint density at radius 1 is 0.859 bits per heavy atom. The van der Waals surface area contributed by atoms with Crippen LogP contribution in [0.15, 0.2) is 23.2 Å². The first-order valence-electron chi connectivity index (χ1n) is 26.2. The van der Waals surface area contributed by atoms with E-state index in [2.05, 4.69) is 75.2 Å². The molecule has 2 bridgehead atoms. The van der Waals surface area contributed by atoms with Crippen LogP contribution in [0.2, 0.25) is 0 Å². The number of carbonyl (C=O) groups is 9. The SMILES string of the molecule is CC[C@H](C)[C@@H]1NC(=O)CNC(=O)[C@@H]2Cc3c([nH]c4cc(OCCC(C)SSC(C)CCNC(C)C)ccc34)[S@+]([O-])CC(NC(=O)CNC1=O)C(=O)N[C@@H](CC(N)=O)C(=O)N1C[C@H](O)C[C@H]1C(=O)N[C@@H]([C@@H](C)[C@@H](O)CO)C(=O)N2. The van der Waals surface area contributed by atoms with Crippen LogP contribution in [-0.4, -0.2) is 193 Å². The molecule has 1 aromatic carbocycles. The second-order valence-corrected chi connectivity index (χ2v) is 25.1. The summed E-state index contributed by atoms with van der Waals surface area (Å²) in [6.45, 7) is 11.6. The van der Waals surface area contributed by atoms with Crippen molar-refractivity contribution in [3.8, 4) is 5.75 Å². The van der Waals surface area contributed by atoms with Crippen LogP contribution < -0.4 is 53.0 Å². The molecule has 78 heavy (non-hydrogen) atoms. The summed E-state index contributed by atoms with van der Waals surface area (Å²) in [5.41, 5.74) is 6.05. The number of amides is 9. The van der Waals surface area contributed by atoms with Crippen LogP contribution in [0, 0.1) is 11.8 Å². The summed E-state index contributed by atoms with van der Waals surface area (Å²) in [7, 11) is 3.57. The van der Waals surface area contributed by atoms with Gasteiger partial charge in [0.25, 0.3) is 0 Å². The maximum absolute atomic E-state index is 15.0. The number of benzene rings is 1. The Balaban J connectivity index is 1.64. The molecule has 0 aliphatic carbocycles. The summed E-state index contributed by atoms with van der Waals surface area (Å²) in [6.07, 6.45) is -2.68. The molecule has 28 heteroatoms. The molecule has 2 aromatic rings. The molecule has 1 aromatic heterocycles. The van der Waals surface area contributed by atoms with Crippen molar-refractivity contribution in [1.29, 1.82) is 0 Å².